The van der Waals surface area contributed by atoms with Gasteiger partial charge >= 0.3 is 0 Å². The van der Waals surface area contributed by atoms with E-state index < -0.39 is 0 Å². The van der Waals surface area contributed by atoms with Gasteiger partial charge in [0.2, 0.25) is 0 Å². The van der Waals surface area contributed by atoms with Gasteiger partial charge in [0, 0.05) is 27.7 Å². The zero-order valence-corrected chi connectivity index (χ0v) is 14.2. The van der Waals surface area contributed by atoms with E-state index in [9.17, 15) is 4.79 Å². The van der Waals surface area contributed by atoms with Crippen molar-refractivity contribution in [2.45, 2.75) is 0 Å². The maximum absolute atomic E-state index is 11.8. The predicted octanol–water partition coefficient (Wildman–Crippen LogP) is 3.36. The third-order valence-electron chi connectivity index (χ3n) is 3.50. The summed E-state index contributed by atoms with van der Waals surface area (Å²) < 4.78 is 10.6. The number of amides is 1. The molecule has 0 atom stereocenters. The summed E-state index contributed by atoms with van der Waals surface area (Å²) in [6.45, 7) is -0.138. The summed E-state index contributed by atoms with van der Waals surface area (Å²) in [5.41, 5.74) is 4.23. The summed E-state index contributed by atoms with van der Waals surface area (Å²) >= 11 is 5.79. The number of hydrogen-bond donors (Lipinski definition) is 2. The molecule has 0 spiro atoms. The first kappa shape index (κ1) is 16.9. The van der Waals surface area contributed by atoms with Crippen molar-refractivity contribution in [2.24, 2.45) is 5.10 Å². The van der Waals surface area contributed by atoms with E-state index in [1.54, 1.807) is 37.6 Å². The lowest BCUT2D eigenvalue weighted by atomic mass is 10.2. The van der Waals surface area contributed by atoms with Crippen molar-refractivity contribution in [2.75, 3.05) is 13.7 Å². The zero-order valence-electron chi connectivity index (χ0n) is 13.5. The summed E-state index contributed by atoms with van der Waals surface area (Å²) in [5, 5.41) is 5.52. The van der Waals surface area contributed by atoms with E-state index in [1.807, 2.05) is 24.4 Å². The molecule has 3 rings (SSSR count). The number of nitrogens with one attached hydrogen (secondary N) is 2. The molecule has 0 radical (unpaired) electrons. The lowest BCUT2D eigenvalue weighted by Gasteiger charge is -2.04. The van der Waals surface area contributed by atoms with Crippen molar-refractivity contribution < 1.29 is 14.3 Å². The minimum absolute atomic E-state index is 0.138. The Morgan fingerprint density at radius 2 is 2.00 bits per heavy atom. The Hall–Kier alpha value is -2.99. The smallest absolute Gasteiger partial charge is 0.277 e. The van der Waals surface area contributed by atoms with E-state index in [1.165, 1.54) is 0 Å². The molecule has 0 aliphatic carbocycles. The van der Waals surface area contributed by atoms with Crippen LogP contribution in [0.25, 0.3) is 10.9 Å². The molecule has 2 aromatic carbocycles. The number of aromatic amines is 1. The zero-order chi connectivity index (χ0) is 17.6. The quantitative estimate of drug-likeness (QED) is 0.524. The average molecular weight is 358 g/mol. The molecule has 2 N–H and O–H groups in total. The molecule has 0 bridgehead atoms. The van der Waals surface area contributed by atoms with Crippen LogP contribution < -0.4 is 14.9 Å². The molecule has 7 heteroatoms. The fourth-order valence-corrected chi connectivity index (χ4v) is 2.37. The second-order valence-electron chi connectivity index (χ2n) is 5.19. The molecule has 1 aromatic heterocycles. The van der Waals surface area contributed by atoms with Crippen LogP contribution in [0, 0.1) is 0 Å². The van der Waals surface area contributed by atoms with Gasteiger partial charge in [-0.1, -0.05) is 11.6 Å². The summed E-state index contributed by atoms with van der Waals surface area (Å²) in [6, 6.07) is 12.5. The van der Waals surface area contributed by atoms with E-state index in [4.69, 9.17) is 21.1 Å². The fraction of sp³-hybridized carbons (Fsp3) is 0.111. The van der Waals surface area contributed by atoms with Gasteiger partial charge < -0.3 is 14.5 Å². The molecule has 128 valence electrons. The summed E-state index contributed by atoms with van der Waals surface area (Å²) in [7, 11) is 1.61. The summed E-state index contributed by atoms with van der Waals surface area (Å²) in [5.74, 6) is 0.957. The molecule has 0 unspecified atom stereocenters. The van der Waals surface area contributed by atoms with Crippen molar-refractivity contribution in [3.05, 3.63) is 59.2 Å². The topological polar surface area (TPSA) is 75.7 Å². The molecule has 25 heavy (non-hydrogen) atoms. The number of halogens is 1. The maximum atomic E-state index is 11.8. The summed E-state index contributed by atoms with van der Waals surface area (Å²) in [6.07, 6.45) is 3.38. The van der Waals surface area contributed by atoms with Gasteiger partial charge in [0.15, 0.2) is 6.61 Å². The maximum Gasteiger partial charge on any atom is 0.277 e. The molecule has 6 nitrogen and oxygen atoms in total. The number of nitrogens with zero attached hydrogens (tertiary/aromatic N) is 1. The van der Waals surface area contributed by atoms with Gasteiger partial charge in [-0.15, -0.1) is 0 Å². The lowest BCUT2D eigenvalue weighted by molar-refractivity contribution is -0.123. The van der Waals surface area contributed by atoms with Crippen molar-refractivity contribution in [1.82, 2.24) is 10.4 Å². The van der Waals surface area contributed by atoms with Crippen molar-refractivity contribution in [3.8, 4) is 11.5 Å². The Morgan fingerprint density at radius 1 is 1.24 bits per heavy atom. The largest absolute Gasteiger partial charge is 0.497 e. The van der Waals surface area contributed by atoms with Crippen LogP contribution in [0.3, 0.4) is 0 Å². The highest BCUT2D eigenvalue weighted by molar-refractivity contribution is 6.30. The molecule has 3 aromatic rings. The first-order valence-corrected chi connectivity index (χ1v) is 7.89. The van der Waals surface area contributed by atoms with E-state index in [0.717, 1.165) is 22.2 Å². The number of carbonyl (C=O) groups excluding carboxylic acids is 1. The van der Waals surface area contributed by atoms with Gasteiger partial charge in [-0.05, 0) is 42.5 Å². The summed E-state index contributed by atoms with van der Waals surface area (Å²) in [4.78, 5) is 14.9. The number of methoxy groups -OCH3 is 1. The second-order valence-corrected chi connectivity index (χ2v) is 5.63. The van der Waals surface area contributed by atoms with Crippen LogP contribution in [-0.4, -0.2) is 30.8 Å². The average Bonchev–Trinajstić information content (AvgIpc) is 3.03. The third kappa shape index (κ3) is 4.30. The number of rotatable bonds is 6. The number of benzene rings is 2. The van der Waals surface area contributed by atoms with Crippen molar-refractivity contribution >= 4 is 34.6 Å². The first-order valence-electron chi connectivity index (χ1n) is 7.51. The molecular formula is C18H16ClN3O3. The number of hydrazone groups is 1. The number of H-pyrrole nitrogens is 1. The molecule has 1 amide bonds. The number of aromatic nitrogens is 1. The van der Waals surface area contributed by atoms with Crippen LogP contribution in [0.5, 0.6) is 11.5 Å². The lowest BCUT2D eigenvalue weighted by Crippen LogP contribution is -2.24. The molecule has 0 aliphatic rings. The van der Waals surface area contributed by atoms with Crippen LogP contribution in [0.1, 0.15) is 5.56 Å². The molecule has 0 saturated heterocycles. The molecule has 1 heterocycles. The van der Waals surface area contributed by atoms with Gasteiger partial charge in [0.05, 0.1) is 13.3 Å². The number of hydrogen-bond acceptors (Lipinski definition) is 4. The minimum atomic E-state index is -0.358. The SMILES string of the molecule is COc1ccc2[nH]cc(/C=N\NC(=O)COc3ccc(Cl)cc3)c2c1. The normalized spacial score (nSPS) is 11.0. The Labute approximate surface area is 149 Å². The molecule has 0 saturated carbocycles. The van der Waals surface area contributed by atoms with Gasteiger partial charge in [0.1, 0.15) is 11.5 Å². The third-order valence-corrected chi connectivity index (χ3v) is 3.75. The predicted molar refractivity (Wildman–Crippen MR) is 97.5 cm³/mol. The monoisotopic (exact) mass is 357 g/mol. The minimum Gasteiger partial charge on any atom is -0.497 e. The first-order chi connectivity index (χ1) is 12.2. The Kier molecular flexibility index (Phi) is 5.20. The van der Waals surface area contributed by atoms with Gasteiger partial charge in [-0.3, -0.25) is 4.79 Å². The van der Waals surface area contributed by atoms with Gasteiger partial charge in [-0.2, -0.15) is 5.10 Å². The number of fused-ring (bicyclic) bond motifs is 1. The Bertz CT molecular complexity index is 904. The van der Waals surface area contributed by atoms with Crippen LogP contribution in [0.4, 0.5) is 0 Å². The van der Waals surface area contributed by atoms with E-state index in [-0.39, 0.29) is 12.5 Å². The molecule has 0 fully saturated rings. The second kappa shape index (κ2) is 7.72. The molecule has 0 aliphatic heterocycles. The van der Waals surface area contributed by atoms with Gasteiger partial charge in [-0.25, -0.2) is 5.43 Å². The Morgan fingerprint density at radius 3 is 2.76 bits per heavy atom. The Balaban J connectivity index is 1.57. The van der Waals surface area contributed by atoms with Crippen molar-refractivity contribution in [3.63, 3.8) is 0 Å². The van der Waals surface area contributed by atoms with E-state index >= 15 is 0 Å². The standard InChI is InChI=1S/C18H16ClN3O3/c1-24-15-6-7-17-16(8-15)12(9-20-17)10-21-22-18(23)11-25-14-4-2-13(19)3-5-14/h2-10,20H,11H2,1H3,(H,22,23)/b21-10-. The highest BCUT2D eigenvalue weighted by Crippen LogP contribution is 2.22. The van der Waals surface area contributed by atoms with Crippen molar-refractivity contribution in [1.29, 1.82) is 0 Å². The fourth-order valence-electron chi connectivity index (χ4n) is 2.24. The van der Waals surface area contributed by atoms with E-state index in [0.29, 0.717) is 10.8 Å². The number of carbonyl (C=O) groups is 1. The van der Waals surface area contributed by atoms with E-state index in [2.05, 4.69) is 15.5 Å². The molecular weight excluding hydrogens is 342 g/mol. The highest BCUT2D eigenvalue weighted by Gasteiger charge is 2.04. The number of ether oxygens (including phenoxy) is 2. The van der Waals surface area contributed by atoms with Crippen LogP contribution in [-0.2, 0) is 4.79 Å². The van der Waals surface area contributed by atoms with Crippen LogP contribution in [0.15, 0.2) is 53.8 Å². The van der Waals surface area contributed by atoms with Crippen LogP contribution >= 0.6 is 11.6 Å². The highest BCUT2D eigenvalue weighted by atomic mass is 35.5. The van der Waals surface area contributed by atoms with Gasteiger partial charge in [0.25, 0.3) is 5.91 Å². The van der Waals surface area contributed by atoms with Crippen LogP contribution in [0.2, 0.25) is 5.02 Å².